The first-order valence-electron chi connectivity index (χ1n) is 8.80. The molecule has 1 saturated carbocycles. The third kappa shape index (κ3) is 4.51. The molecule has 2 atom stereocenters. The molecule has 0 heterocycles. The first-order chi connectivity index (χ1) is 12.6. The van der Waals surface area contributed by atoms with E-state index < -0.39 is 11.5 Å². The predicted molar refractivity (Wildman–Crippen MR) is 101 cm³/mol. The van der Waals surface area contributed by atoms with Crippen molar-refractivity contribution in [1.82, 2.24) is 0 Å². The molecule has 2 unspecified atom stereocenters. The van der Waals surface area contributed by atoms with Crippen LogP contribution in [0.25, 0.3) is 0 Å². The molecular formula is C22H23NO3. The number of carboxylic acid groups (broad SMARTS) is 1. The SMILES string of the molecule is NC1(C(=O)O)CCC(c2ccc(C#CCOCc3ccccc3)cc2)C1. The van der Waals surface area contributed by atoms with E-state index in [2.05, 4.69) is 11.8 Å². The Hall–Kier alpha value is -2.61. The van der Waals surface area contributed by atoms with E-state index in [1.807, 2.05) is 54.6 Å². The van der Waals surface area contributed by atoms with Gasteiger partial charge in [0.05, 0.1) is 6.61 Å². The maximum Gasteiger partial charge on any atom is 0.323 e. The van der Waals surface area contributed by atoms with Crippen molar-refractivity contribution in [3.8, 4) is 11.8 Å². The zero-order valence-electron chi connectivity index (χ0n) is 14.7. The molecular weight excluding hydrogens is 326 g/mol. The van der Waals surface area contributed by atoms with E-state index in [1.54, 1.807) is 0 Å². The zero-order chi connectivity index (χ0) is 18.4. The molecule has 2 aromatic carbocycles. The van der Waals surface area contributed by atoms with Gasteiger partial charge in [-0.1, -0.05) is 54.3 Å². The van der Waals surface area contributed by atoms with E-state index >= 15 is 0 Å². The molecule has 0 bridgehead atoms. The number of benzene rings is 2. The summed E-state index contributed by atoms with van der Waals surface area (Å²) >= 11 is 0. The van der Waals surface area contributed by atoms with Crippen molar-refractivity contribution in [1.29, 1.82) is 0 Å². The van der Waals surface area contributed by atoms with Crippen LogP contribution >= 0.6 is 0 Å². The Labute approximate surface area is 154 Å². The number of hydrogen-bond donors (Lipinski definition) is 2. The molecule has 0 saturated heterocycles. The molecule has 2 aromatic rings. The summed E-state index contributed by atoms with van der Waals surface area (Å²) in [6, 6.07) is 18.0. The minimum atomic E-state index is -1.08. The van der Waals surface area contributed by atoms with E-state index in [0.29, 0.717) is 26.1 Å². The van der Waals surface area contributed by atoms with Crippen LogP contribution in [0.1, 0.15) is 41.9 Å². The highest BCUT2D eigenvalue weighted by molar-refractivity contribution is 5.79. The Morgan fingerprint density at radius 2 is 1.92 bits per heavy atom. The van der Waals surface area contributed by atoms with Gasteiger partial charge in [-0.2, -0.15) is 0 Å². The van der Waals surface area contributed by atoms with Crippen LogP contribution in [0.3, 0.4) is 0 Å². The summed E-state index contributed by atoms with van der Waals surface area (Å²) in [5.41, 5.74) is 8.06. The molecule has 134 valence electrons. The third-order valence-electron chi connectivity index (χ3n) is 4.88. The molecule has 0 aliphatic heterocycles. The molecule has 3 rings (SSSR count). The molecule has 0 spiro atoms. The van der Waals surface area contributed by atoms with Gasteiger partial charge >= 0.3 is 5.97 Å². The van der Waals surface area contributed by atoms with Crippen molar-refractivity contribution in [2.24, 2.45) is 5.73 Å². The van der Waals surface area contributed by atoms with Crippen molar-refractivity contribution in [2.75, 3.05) is 6.61 Å². The lowest BCUT2D eigenvalue weighted by atomic mass is 9.93. The molecule has 4 nitrogen and oxygen atoms in total. The Balaban J connectivity index is 1.50. The van der Waals surface area contributed by atoms with Crippen LogP contribution in [0.5, 0.6) is 0 Å². The Morgan fingerprint density at radius 3 is 2.58 bits per heavy atom. The Bertz CT molecular complexity index is 805. The maximum absolute atomic E-state index is 11.3. The normalized spacial score (nSPS) is 21.8. The second-order valence-corrected chi connectivity index (χ2v) is 6.80. The minimum absolute atomic E-state index is 0.201. The van der Waals surface area contributed by atoms with Gasteiger partial charge in [0, 0.05) is 5.56 Å². The van der Waals surface area contributed by atoms with Crippen LogP contribution in [-0.2, 0) is 16.1 Å². The lowest BCUT2D eigenvalue weighted by molar-refractivity contribution is -0.143. The monoisotopic (exact) mass is 349 g/mol. The van der Waals surface area contributed by atoms with Gasteiger partial charge in [-0.05, 0) is 48.4 Å². The van der Waals surface area contributed by atoms with E-state index in [-0.39, 0.29) is 5.92 Å². The average Bonchev–Trinajstić information content (AvgIpc) is 3.07. The van der Waals surface area contributed by atoms with Gasteiger partial charge in [0.25, 0.3) is 0 Å². The van der Waals surface area contributed by atoms with E-state index in [9.17, 15) is 9.90 Å². The maximum atomic E-state index is 11.3. The summed E-state index contributed by atoms with van der Waals surface area (Å²) in [5.74, 6) is 5.40. The largest absolute Gasteiger partial charge is 0.480 e. The highest BCUT2D eigenvalue weighted by Gasteiger charge is 2.42. The molecule has 0 radical (unpaired) electrons. The second-order valence-electron chi connectivity index (χ2n) is 6.80. The molecule has 1 fully saturated rings. The minimum Gasteiger partial charge on any atom is -0.480 e. The van der Waals surface area contributed by atoms with Crippen molar-refractivity contribution >= 4 is 5.97 Å². The number of aliphatic carboxylic acids is 1. The topological polar surface area (TPSA) is 72.6 Å². The highest BCUT2D eigenvalue weighted by Crippen LogP contribution is 2.39. The standard InChI is InChI=1S/C22H23NO3/c23-22(21(24)25)13-12-20(15-22)19-10-8-17(9-11-19)7-4-14-26-16-18-5-2-1-3-6-18/h1-3,5-6,8-11,20H,12-16,23H2,(H,24,25). The van der Waals surface area contributed by atoms with Crippen LogP contribution in [0, 0.1) is 11.8 Å². The smallest absolute Gasteiger partial charge is 0.323 e. The zero-order valence-corrected chi connectivity index (χ0v) is 14.7. The van der Waals surface area contributed by atoms with Gasteiger partial charge in [-0.15, -0.1) is 0 Å². The van der Waals surface area contributed by atoms with Crippen LogP contribution in [0.2, 0.25) is 0 Å². The number of rotatable bonds is 5. The van der Waals surface area contributed by atoms with Gasteiger partial charge in [0.15, 0.2) is 0 Å². The summed E-state index contributed by atoms with van der Waals surface area (Å²) in [6.45, 7) is 0.939. The van der Waals surface area contributed by atoms with E-state index in [0.717, 1.165) is 23.1 Å². The fraction of sp³-hybridized carbons (Fsp3) is 0.318. The number of hydrogen-bond acceptors (Lipinski definition) is 3. The van der Waals surface area contributed by atoms with Crippen molar-refractivity contribution in [3.05, 3.63) is 71.3 Å². The van der Waals surface area contributed by atoms with Crippen molar-refractivity contribution < 1.29 is 14.6 Å². The molecule has 1 aliphatic carbocycles. The van der Waals surface area contributed by atoms with Crippen LogP contribution in [0.15, 0.2) is 54.6 Å². The van der Waals surface area contributed by atoms with Gasteiger partial charge in [0.1, 0.15) is 12.1 Å². The van der Waals surface area contributed by atoms with Gasteiger partial charge in [-0.25, -0.2) is 0 Å². The highest BCUT2D eigenvalue weighted by atomic mass is 16.5. The number of ether oxygens (including phenoxy) is 1. The van der Waals surface area contributed by atoms with Crippen molar-refractivity contribution in [2.45, 2.75) is 37.3 Å². The summed E-state index contributed by atoms with van der Waals surface area (Å²) < 4.78 is 5.55. The van der Waals surface area contributed by atoms with Crippen LogP contribution < -0.4 is 5.73 Å². The molecule has 4 heteroatoms. The van der Waals surface area contributed by atoms with E-state index in [4.69, 9.17) is 10.5 Å². The lowest BCUT2D eigenvalue weighted by Crippen LogP contribution is -2.45. The lowest BCUT2D eigenvalue weighted by Gasteiger charge is -2.18. The van der Waals surface area contributed by atoms with Crippen LogP contribution in [0.4, 0.5) is 0 Å². The van der Waals surface area contributed by atoms with Gasteiger partial charge in [0.2, 0.25) is 0 Å². The number of nitrogens with two attached hydrogens (primary N) is 1. The first kappa shape index (κ1) is 18.2. The summed E-state index contributed by atoms with van der Waals surface area (Å²) in [5, 5.41) is 9.24. The predicted octanol–water partition coefficient (Wildman–Crippen LogP) is 3.30. The summed E-state index contributed by atoms with van der Waals surface area (Å²) in [4.78, 5) is 11.3. The van der Waals surface area contributed by atoms with Crippen LogP contribution in [-0.4, -0.2) is 23.2 Å². The summed E-state index contributed by atoms with van der Waals surface area (Å²) in [6.07, 6.45) is 1.81. The molecule has 0 amide bonds. The number of carbonyl (C=O) groups is 1. The first-order valence-corrected chi connectivity index (χ1v) is 8.80. The van der Waals surface area contributed by atoms with Crippen molar-refractivity contribution in [3.63, 3.8) is 0 Å². The van der Waals surface area contributed by atoms with Gasteiger partial charge < -0.3 is 15.6 Å². The fourth-order valence-corrected chi connectivity index (χ4v) is 3.33. The van der Waals surface area contributed by atoms with Gasteiger partial charge in [-0.3, -0.25) is 4.79 Å². The molecule has 0 aromatic heterocycles. The molecule has 1 aliphatic rings. The fourth-order valence-electron chi connectivity index (χ4n) is 3.33. The average molecular weight is 349 g/mol. The molecule has 3 N–H and O–H groups in total. The molecule has 26 heavy (non-hydrogen) atoms. The van der Waals surface area contributed by atoms with E-state index in [1.165, 1.54) is 0 Å². The second kappa shape index (κ2) is 8.18. The Morgan fingerprint density at radius 1 is 1.19 bits per heavy atom. The number of carboxylic acids is 1. The Kier molecular flexibility index (Phi) is 5.72. The summed E-state index contributed by atoms with van der Waals surface area (Å²) in [7, 11) is 0. The third-order valence-corrected chi connectivity index (χ3v) is 4.88. The quantitative estimate of drug-likeness (QED) is 0.642.